The van der Waals surface area contributed by atoms with Crippen LogP contribution in [0, 0.1) is 0 Å². The molecule has 2 heterocycles. The van der Waals surface area contributed by atoms with E-state index < -0.39 is 0 Å². The van der Waals surface area contributed by atoms with Gasteiger partial charge in [0.1, 0.15) is 0 Å². The minimum atomic E-state index is 0.133. The highest BCUT2D eigenvalue weighted by Gasteiger charge is 2.32. The zero-order valence-electron chi connectivity index (χ0n) is 14.5. The van der Waals surface area contributed by atoms with Crippen LogP contribution in [0.25, 0.3) is 0 Å². The maximum absolute atomic E-state index is 12.5. The summed E-state index contributed by atoms with van der Waals surface area (Å²) in [5.41, 5.74) is 2.21. The summed E-state index contributed by atoms with van der Waals surface area (Å²) in [6, 6.07) is 15.6. The predicted molar refractivity (Wildman–Crippen MR) is 98.5 cm³/mol. The number of carbonyl (C=O) groups is 1. The van der Waals surface area contributed by atoms with Gasteiger partial charge in [0, 0.05) is 43.1 Å². The second-order valence-electron chi connectivity index (χ2n) is 7.24. The van der Waals surface area contributed by atoms with Crippen molar-refractivity contribution >= 4 is 5.91 Å². The minimum absolute atomic E-state index is 0.133. The molecule has 0 atom stereocenters. The van der Waals surface area contributed by atoms with E-state index in [-0.39, 0.29) is 5.91 Å². The van der Waals surface area contributed by atoms with Crippen molar-refractivity contribution in [2.24, 2.45) is 0 Å². The van der Waals surface area contributed by atoms with Crippen molar-refractivity contribution in [3.05, 3.63) is 66.0 Å². The second-order valence-corrected chi connectivity index (χ2v) is 7.24. The Kier molecular flexibility index (Phi) is 4.79. The molecule has 4 nitrogen and oxygen atoms in total. The molecule has 1 saturated heterocycles. The molecule has 1 aliphatic heterocycles. The lowest BCUT2D eigenvalue weighted by Crippen LogP contribution is -2.50. The molecule has 2 aliphatic rings. The van der Waals surface area contributed by atoms with Crippen LogP contribution in [0.2, 0.25) is 0 Å². The van der Waals surface area contributed by atoms with E-state index in [0.717, 1.165) is 31.5 Å². The Balaban J connectivity index is 1.22. The highest BCUT2D eigenvalue weighted by Crippen LogP contribution is 2.37. The Labute approximate surface area is 149 Å². The lowest BCUT2D eigenvalue weighted by molar-refractivity contribution is 0.0695. The van der Waals surface area contributed by atoms with Crippen molar-refractivity contribution in [1.29, 1.82) is 0 Å². The van der Waals surface area contributed by atoms with E-state index >= 15 is 0 Å². The number of amides is 1. The quantitative estimate of drug-likeness (QED) is 0.933. The molecular formula is C21H25N3O. The smallest absolute Gasteiger partial charge is 0.253 e. The van der Waals surface area contributed by atoms with Crippen LogP contribution >= 0.6 is 0 Å². The Morgan fingerprint density at radius 1 is 0.960 bits per heavy atom. The van der Waals surface area contributed by atoms with Gasteiger partial charge >= 0.3 is 0 Å². The highest BCUT2D eigenvalue weighted by molar-refractivity contribution is 5.94. The summed E-state index contributed by atoms with van der Waals surface area (Å²) in [6.07, 6.45) is 7.93. The third-order valence-electron chi connectivity index (χ3n) is 5.59. The van der Waals surface area contributed by atoms with Crippen LogP contribution in [-0.2, 0) is 0 Å². The van der Waals surface area contributed by atoms with Gasteiger partial charge in [0.25, 0.3) is 5.91 Å². The van der Waals surface area contributed by atoms with Gasteiger partial charge in [0.2, 0.25) is 0 Å². The van der Waals surface area contributed by atoms with E-state index in [9.17, 15) is 4.79 Å². The van der Waals surface area contributed by atoms with Crippen molar-refractivity contribution in [3.8, 4) is 0 Å². The summed E-state index contributed by atoms with van der Waals surface area (Å²) in [4.78, 5) is 18.4. The lowest BCUT2D eigenvalue weighted by atomic mass is 9.75. The molecule has 1 aromatic carbocycles. The van der Waals surface area contributed by atoms with Crippen LogP contribution in [0.3, 0.4) is 0 Å². The van der Waals surface area contributed by atoms with Crippen molar-refractivity contribution in [1.82, 2.24) is 15.2 Å². The normalized spacial score (nSPS) is 23.9. The Morgan fingerprint density at radius 2 is 1.64 bits per heavy atom. The third kappa shape index (κ3) is 3.74. The van der Waals surface area contributed by atoms with Crippen LogP contribution in [0.1, 0.15) is 47.5 Å². The maximum atomic E-state index is 12.5. The zero-order chi connectivity index (χ0) is 17.1. The number of pyridine rings is 1. The van der Waals surface area contributed by atoms with E-state index in [1.54, 1.807) is 24.5 Å². The maximum Gasteiger partial charge on any atom is 0.253 e. The summed E-state index contributed by atoms with van der Waals surface area (Å²) in [5, 5.41) is 3.81. The summed E-state index contributed by atoms with van der Waals surface area (Å²) < 4.78 is 0. The van der Waals surface area contributed by atoms with E-state index in [4.69, 9.17) is 0 Å². The first kappa shape index (κ1) is 16.3. The van der Waals surface area contributed by atoms with Crippen LogP contribution in [-0.4, -0.2) is 41.0 Å². The van der Waals surface area contributed by atoms with E-state index in [1.165, 1.54) is 18.4 Å². The SMILES string of the molecule is O=C(c1ccncc1)N1CCC(NC2CC(c3ccccc3)C2)CC1. The van der Waals surface area contributed by atoms with Gasteiger partial charge in [-0.05, 0) is 49.3 Å². The molecule has 2 aromatic rings. The zero-order valence-corrected chi connectivity index (χ0v) is 14.5. The predicted octanol–water partition coefficient (Wildman–Crippen LogP) is 3.22. The molecule has 1 aliphatic carbocycles. The van der Waals surface area contributed by atoms with Crippen molar-refractivity contribution in [2.45, 2.75) is 43.7 Å². The summed E-state index contributed by atoms with van der Waals surface area (Å²) in [5.74, 6) is 0.848. The monoisotopic (exact) mass is 335 g/mol. The van der Waals surface area contributed by atoms with Gasteiger partial charge in [0.05, 0.1) is 0 Å². The molecule has 0 spiro atoms. The second kappa shape index (κ2) is 7.36. The molecule has 1 N–H and O–H groups in total. The fourth-order valence-corrected chi connectivity index (χ4v) is 4.01. The molecule has 25 heavy (non-hydrogen) atoms. The largest absolute Gasteiger partial charge is 0.339 e. The first-order valence-electron chi connectivity index (χ1n) is 9.30. The minimum Gasteiger partial charge on any atom is -0.339 e. The number of aromatic nitrogens is 1. The molecule has 1 saturated carbocycles. The van der Waals surface area contributed by atoms with Crippen molar-refractivity contribution in [3.63, 3.8) is 0 Å². The summed E-state index contributed by atoms with van der Waals surface area (Å²) in [7, 11) is 0. The fraction of sp³-hybridized carbons (Fsp3) is 0.429. The van der Waals surface area contributed by atoms with Gasteiger partial charge in [0.15, 0.2) is 0 Å². The summed E-state index contributed by atoms with van der Waals surface area (Å²) >= 11 is 0. The number of nitrogens with one attached hydrogen (secondary N) is 1. The molecule has 130 valence electrons. The van der Waals surface area contributed by atoms with Gasteiger partial charge in [-0.25, -0.2) is 0 Å². The molecule has 4 heteroatoms. The highest BCUT2D eigenvalue weighted by atomic mass is 16.2. The van der Waals surface area contributed by atoms with Crippen LogP contribution in [0.15, 0.2) is 54.9 Å². The Bertz CT molecular complexity index is 690. The number of rotatable bonds is 4. The summed E-state index contributed by atoms with van der Waals surface area (Å²) in [6.45, 7) is 1.68. The topological polar surface area (TPSA) is 45.2 Å². The number of hydrogen-bond donors (Lipinski definition) is 1. The van der Waals surface area contributed by atoms with Crippen molar-refractivity contribution in [2.75, 3.05) is 13.1 Å². The Morgan fingerprint density at radius 3 is 2.32 bits per heavy atom. The van der Waals surface area contributed by atoms with Crippen molar-refractivity contribution < 1.29 is 4.79 Å². The molecule has 4 rings (SSSR count). The molecule has 0 bridgehead atoms. The number of hydrogen-bond acceptors (Lipinski definition) is 3. The van der Waals surface area contributed by atoms with Gasteiger partial charge in [-0.3, -0.25) is 9.78 Å². The van der Waals surface area contributed by atoms with Gasteiger partial charge in [-0.1, -0.05) is 30.3 Å². The molecule has 1 amide bonds. The van der Waals surface area contributed by atoms with Gasteiger partial charge in [-0.15, -0.1) is 0 Å². The molecule has 1 aromatic heterocycles. The van der Waals surface area contributed by atoms with E-state index in [0.29, 0.717) is 18.0 Å². The third-order valence-corrected chi connectivity index (χ3v) is 5.59. The number of likely N-dealkylation sites (tertiary alicyclic amines) is 1. The first-order chi connectivity index (χ1) is 12.3. The average Bonchev–Trinajstić information content (AvgIpc) is 2.66. The lowest BCUT2D eigenvalue weighted by Gasteiger charge is -2.41. The molecular weight excluding hydrogens is 310 g/mol. The van der Waals surface area contributed by atoms with E-state index in [1.807, 2.05) is 4.90 Å². The fourth-order valence-electron chi connectivity index (χ4n) is 4.01. The van der Waals surface area contributed by atoms with Crippen LogP contribution in [0.4, 0.5) is 0 Å². The van der Waals surface area contributed by atoms with Crippen LogP contribution < -0.4 is 5.32 Å². The first-order valence-corrected chi connectivity index (χ1v) is 9.30. The number of benzene rings is 1. The van der Waals surface area contributed by atoms with Crippen LogP contribution in [0.5, 0.6) is 0 Å². The van der Waals surface area contributed by atoms with E-state index in [2.05, 4.69) is 40.6 Å². The van der Waals surface area contributed by atoms with Gasteiger partial charge < -0.3 is 10.2 Å². The number of nitrogens with zero attached hydrogens (tertiary/aromatic N) is 2. The molecule has 0 unspecified atom stereocenters. The number of piperidine rings is 1. The number of carbonyl (C=O) groups excluding carboxylic acids is 1. The molecule has 0 radical (unpaired) electrons. The Hall–Kier alpha value is -2.20. The average molecular weight is 335 g/mol. The van der Waals surface area contributed by atoms with Gasteiger partial charge in [-0.2, -0.15) is 0 Å². The standard InChI is InChI=1S/C21H25N3O/c25-21(17-6-10-22-11-7-17)24-12-8-19(9-13-24)23-20-14-18(15-20)16-4-2-1-3-5-16/h1-7,10-11,18-20,23H,8-9,12-15H2. The molecule has 2 fully saturated rings.